The summed E-state index contributed by atoms with van der Waals surface area (Å²) in [7, 11) is 0. The number of benzene rings is 1. The van der Waals surface area contributed by atoms with E-state index in [2.05, 4.69) is 21.5 Å². The van der Waals surface area contributed by atoms with Crippen molar-refractivity contribution in [2.75, 3.05) is 18.0 Å². The Balaban J connectivity index is 1.59. The van der Waals surface area contributed by atoms with Gasteiger partial charge in [0.2, 0.25) is 0 Å². The van der Waals surface area contributed by atoms with Crippen LogP contribution in [0.15, 0.2) is 41.5 Å². The molecule has 120 valence electrons. The van der Waals surface area contributed by atoms with Gasteiger partial charge in [-0.1, -0.05) is 12.1 Å². The second-order valence-electron chi connectivity index (χ2n) is 5.40. The molecule has 0 aliphatic carbocycles. The quantitative estimate of drug-likeness (QED) is 0.687. The topological polar surface area (TPSA) is 44.7 Å². The van der Waals surface area contributed by atoms with Crippen molar-refractivity contribution in [3.63, 3.8) is 0 Å². The predicted molar refractivity (Wildman–Crippen MR) is 91.8 cm³/mol. The minimum absolute atomic E-state index is 0.00941. The van der Waals surface area contributed by atoms with Crippen molar-refractivity contribution in [3.05, 3.63) is 52.7 Å². The molecule has 1 aliphatic rings. The highest BCUT2D eigenvalue weighted by molar-refractivity contribution is 7.17. The van der Waals surface area contributed by atoms with Gasteiger partial charge in [-0.15, -0.1) is 11.3 Å². The molecule has 0 bridgehead atoms. The minimum Gasteiger partial charge on any atom is -0.363 e. The van der Waals surface area contributed by atoms with E-state index in [1.165, 1.54) is 36.4 Å². The molecule has 0 spiro atoms. The smallest absolute Gasteiger partial charge is 0.274 e. The third-order valence-corrected chi connectivity index (χ3v) is 4.84. The summed E-state index contributed by atoms with van der Waals surface area (Å²) in [5.41, 5.74) is 2.35. The molecule has 1 aromatic carbocycles. The molecule has 0 atom stereocenters. The molecule has 23 heavy (non-hydrogen) atoms. The number of carbonyl (C=O) groups excluding carboxylic acids is 1. The van der Waals surface area contributed by atoms with Crippen LogP contribution in [0.1, 0.15) is 34.5 Å². The number of hydrogen-bond acceptors (Lipinski definition) is 4. The van der Waals surface area contributed by atoms with Crippen LogP contribution in [-0.4, -0.2) is 25.2 Å². The minimum atomic E-state index is -0.552. The zero-order valence-corrected chi connectivity index (χ0v) is 13.5. The van der Waals surface area contributed by atoms with Gasteiger partial charge in [0.15, 0.2) is 0 Å². The number of hydrazone groups is 1. The molecule has 2 aromatic rings. The summed E-state index contributed by atoms with van der Waals surface area (Å²) in [5.74, 6) is -1.10. The Morgan fingerprint density at radius 1 is 1.17 bits per heavy atom. The van der Waals surface area contributed by atoms with Gasteiger partial charge in [-0.05, 0) is 43.5 Å². The van der Waals surface area contributed by atoms with Crippen LogP contribution in [0.2, 0.25) is 0 Å². The third-order valence-electron chi connectivity index (χ3n) is 3.76. The van der Waals surface area contributed by atoms with E-state index >= 15 is 0 Å². The Morgan fingerprint density at radius 2 is 1.96 bits per heavy atom. The standard InChI is InChI=1S/C17H18FN3OS/c18-15-7-3-2-6-14(15)17(22)20-19-12-13-8-9-16(23-13)21-10-4-1-5-11-21/h2-3,6-9,12H,1,4-5,10-11H2,(H,20,22)/b19-12-. The lowest BCUT2D eigenvalue weighted by Gasteiger charge is -2.27. The van der Waals surface area contributed by atoms with Crippen molar-refractivity contribution in [2.24, 2.45) is 5.10 Å². The molecule has 1 aromatic heterocycles. The Morgan fingerprint density at radius 3 is 2.74 bits per heavy atom. The number of nitrogens with zero attached hydrogens (tertiary/aromatic N) is 2. The zero-order chi connectivity index (χ0) is 16.1. The highest BCUT2D eigenvalue weighted by Gasteiger charge is 2.12. The molecule has 1 aliphatic heterocycles. The molecule has 0 saturated carbocycles. The first-order valence-electron chi connectivity index (χ1n) is 7.67. The van der Waals surface area contributed by atoms with Gasteiger partial charge in [-0.3, -0.25) is 4.79 Å². The normalized spacial score (nSPS) is 15.1. The first kappa shape index (κ1) is 15.7. The monoisotopic (exact) mass is 331 g/mol. The lowest BCUT2D eigenvalue weighted by atomic mass is 10.1. The van der Waals surface area contributed by atoms with E-state index in [0.29, 0.717) is 0 Å². The van der Waals surface area contributed by atoms with Crippen LogP contribution < -0.4 is 10.3 Å². The van der Waals surface area contributed by atoms with E-state index in [1.807, 2.05) is 6.07 Å². The van der Waals surface area contributed by atoms with Gasteiger partial charge in [0.05, 0.1) is 16.8 Å². The Labute approximate surface area is 138 Å². The Hall–Kier alpha value is -2.21. The van der Waals surface area contributed by atoms with Gasteiger partial charge in [0, 0.05) is 18.0 Å². The van der Waals surface area contributed by atoms with E-state index in [4.69, 9.17) is 0 Å². The lowest BCUT2D eigenvalue weighted by Crippen LogP contribution is -2.28. The number of halogens is 1. The largest absolute Gasteiger partial charge is 0.363 e. The van der Waals surface area contributed by atoms with Gasteiger partial charge in [0.25, 0.3) is 5.91 Å². The highest BCUT2D eigenvalue weighted by atomic mass is 32.1. The number of thiophene rings is 1. The third kappa shape index (κ3) is 3.96. The molecule has 1 fully saturated rings. The van der Waals surface area contributed by atoms with Crippen LogP contribution >= 0.6 is 11.3 Å². The van der Waals surface area contributed by atoms with Crippen molar-refractivity contribution in [1.29, 1.82) is 0 Å². The molecular formula is C17H18FN3OS. The second-order valence-corrected chi connectivity index (χ2v) is 6.50. The fourth-order valence-corrected chi connectivity index (χ4v) is 3.49. The highest BCUT2D eigenvalue weighted by Crippen LogP contribution is 2.27. The summed E-state index contributed by atoms with van der Waals surface area (Å²) >= 11 is 1.64. The maximum absolute atomic E-state index is 13.5. The summed E-state index contributed by atoms with van der Waals surface area (Å²) < 4.78 is 13.5. The Kier molecular flexibility index (Phi) is 5.02. The van der Waals surface area contributed by atoms with Gasteiger partial charge in [-0.25, -0.2) is 9.82 Å². The summed E-state index contributed by atoms with van der Waals surface area (Å²) in [6, 6.07) is 9.90. The van der Waals surface area contributed by atoms with Crippen molar-refractivity contribution in [1.82, 2.24) is 5.43 Å². The van der Waals surface area contributed by atoms with Gasteiger partial charge < -0.3 is 4.90 Å². The summed E-state index contributed by atoms with van der Waals surface area (Å²) in [6.45, 7) is 2.20. The van der Waals surface area contributed by atoms with Gasteiger partial charge in [0.1, 0.15) is 5.82 Å². The average Bonchev–Trinajstić information content (AvgIpc) is 3.05. The molecule has 3 rings (SSSR count). The van der Waals surface area contributed by atoms with E-state index in [-0.39, 0.29) is 5.56 Å². The number of nitrogens with one attached hydrogen (secondary N) is 1. The molecule has 2 heterocycles. The van der Waals surface area contributed by atoms with E-state index in [1.54, 1.807) is 29.7 Å². The van der Waals surface area contributed by atoms with Gasteiger partial charge >= 0.3 is 0 Å². The summed E-state index contributed by atoms with van der Waals surface area (Å²) in [6.07, 6.45) is 5.37. The Bertz CT molecular complexity index is 707. The lowest BCUT2D eigenvalue weighted by molar-refractivity contribution is 0.0951. The predicted octanol–water partition coefficient (Wildman–Crippen LogP) is 3.64. The molecule has 1 saturated heterocycles. The molecular weight excluding hydrogens is 313 g/mol. The van der Waals surface area contributed by atoms with Crippen molar-refractivity contribution in [3.8, 4) is 0 Å². The van der Waals surface area contributed by atoms with Crippen LogP contribution in [0.3, 0.4) is 0 Å². The van der Waals surface area contributed by atoms with Crippen LogP contribution in [-0.2, 0) is 0 Å². The second kappa shape index (κ2) is 7.37. The van der Waals surface area contributed by atoms with Crippen molar-refractivity contribution >= 4 is 28.5 Å². The SMILES string of the molecule is O=C(N/N=C\c1ccc(N2CCCCC2)s1)c1ccccc1F. The van der Waals surface area contributed by atoms with E-state index < -0.39 is 11.7 Å². The zero-order valence-electron chi connectivity index (χ0n) is 12.7. The molecule has 0 unspecified atom stereocenters. The maximum Gasteiger partial charge on any atom is 0.274 e. The molecule has 1 amide bonds. The average molecular weight is 331 g/mol. The molecule has 4 nitrogen and oxygen atoms in total. The molecule has 0 radical (unpaired) electrons. The maximum atomic E-state index is 13.5. The first-order chi connectivity index (χ1) is 11.2. The van der Waals surface area contributed by atoms with Crippen LogP contribution in [0, 0.1) is 5.82 Å². The van der Waals surface area contributed by atoms with Crippen molar-refractivity contribution < 1.29 is 9.18 Å². The number of amides is 1. The summed E-state index contributed by atoms with van der Waals surface area (Å²) in [4.78, 5) is 15.2. The number of anilines is 1. The number of carbonyl (C=O) groups is 1. The van der Waals surface area contributed by atoms with E-state index in [0.717, 1.165) is 18.0 Å². The number of piperidine rings is 1. The molecule has 6 heteroatoms. The van der Waals surface area contributed by atoms with Crippen LogP contribution in [0.4, 0.5) is 9.39 Å². The molecule has 1 N–H and O–H groups in total. The summed E-state index contributed by atoms with van der Waals surface area (Å²) in [5, 5.41) is 5.15. The van der Waals surface area contributed by atoms with Crippen molar-refractivity contribution in [2.45, 2.75) is 19.3 Å². The van der Waals surface area contributed by atoms with Crippen LogP contribution in [0.25, 0.3) is 0 Å². The fraction of sp³-hybridized carbons (Fsp3) is 0.294. The first-order valence-corrected chi connectivity index (χ1v) is 8.48. The van der Waals surface area contributed by atoms with Crippen LogP contribution in [0.5, 0.6) is 0 Å². The van der Waals surface area contributed by atoms with Gasteiger partial charge in [-0.2, -0.15) is 5.10 Å². The number of hydrogen-bond donors (Lipinski definition) is 1. The van der Waals surface area contributed by atoms with E-state index in [9.17, 15) is 9.18 Å². The fourth-order valence-electron chi connectivity index (χ4n) is 2.56. The number of rotatable bonds is 4.